The first kappa shape index (κ1) is 31.3. The van der Waals surface area contributed by atoms with Gasteiger partial charge in [0.05, 0.1) is 30.7 Å². The predicted molar refractivity (Wildman–Crippen MR) is 190 cm³/mol. The van der Waals surface area contributed by atoms with Crippen molar-refractivity contribution in [2.24, 2.45) is 47.3 Å². The molecule has 0 radical (unpaired) electrons. The summed E-state index contributed by atoms with van der Waals surface area (Å²) in [4.78, 5) is 0. The summed E-state index contributed by atoms with van der Waals surface area (Å²) in [5.74, 6) is 7.50. The SMILES string of the molecule is c1ccc(C2NC(C3CCCCC3)NC(C3CCC4C(C3)OC3CC(C5CCC(c6ccccc6)C6CCCCC56)CCC34)N2)cc1. The fourth-order valence-corrected chi connectivity index (χ4v) is 12.8. The van der Waals surface area contributed by atoms with Gasteiger partial charge in [-0.05, 0) is 141 Å². The molecule has 5 saturated carbocycles. The predicted octanol–water partition coefficient (Wildman–Crippen LogP) is 9.30. The Morgan fingerprint density at radius 2 is 1.00 bits per heavy atom. The Kier molecular flexibility index (Phi) is 9.24. The van der Waals surface area contributed by atoms with Crippen LogP contribution in [0.4, 0.5) is 0 Å². The van der Waals surface area contributed by atoms with Crippen LogP contribution < -0.4 is 16.0 Å². The second kappa shape index (κ2) is 13.9. The highest BCUT2D eigenvalue weighted by Crippen LogP contribution is 2.57. The molecule has 9 rings (SSSR count). The van der Waals surface area contributed by atoms with Crippen LogP contribution in [0.15, 0.2) is 60.7 Å². The van der Waals surface area contributed by atoms with Crippen LogP contribution in [0.3, 0.4) is 0 Å². The van der Waals surface area contributed by atoms with Gasteiger partial charge < -0.3 is 4.74 Å². The molecule has 0 spiro atoms. The summed E-state index contributed by atoms with van der Waals surface area (Å²) in [6.07, 6.45) is 25.8. The molecule has 2 aromatic rings. The summed E-state index contributed by atoms with van der Waals surface area (Å²) in [6, 6.07) is 22.7. The number of hydrogen-bond acceptors (Lipinski definition) is 4. The van der Waals surface area contributed by atoms with Gasteiger partial charge in [0.1, 0.15) is 0 Å². The quantitative estimate of drug-likeness (QED) is 0.306. The monoisotopic (exact) mass is 635 g/mol. The molecule has 0 amide bonds. The average Bonchev–Trinajstić information content (AvgIpc) is 3.52. The summed E-state index contributed by atoms with van der Waals surface area (Å²) in [5, 5.41) is 12.2. The first-order valence-corrected chi connectivity index (χ1v) is 20.3. The largest absolute Gasteiger partial charge is 0.374 e. The van der Waals surface area contributed by atoms with E-state index in [0.29, 0.717) is 30.5 Å². The van der Waals surface area contributed by atoms with Crippen molar-refractivity contribution in [3.05, 3.63) is 71.8 Å². The topological polar surface area (TPSA) is 45.3 Å². The molecule has 13 unspecified atom stereocenters. The van der Waals surface area contributed by atoms with Crippen LogP contribution in [0.2, 0.25) is 0 Å². The molecule has 0 aromatic heterocycles. The molecule has 2 aliphatic heterocycles. The Balaban J connectivity index is 0.862. The highest BCUT2D eigenvalue weighted by atomic mass is 16.5. The van der Waals surface area contributed by atoms with E-state index in [1.165, 1.54) is 115 Å². The lowest BCUT2D eigenvalue weighted by molar-refractivity contribution is -0.0411. The summed E-state index contributed by atoms with van der Waals surface area (Å²) in [5.41, 5.74) is 3.00. The van der Waals surface area contributed by atoms with Crippen LogP contribution in [0.5, 0.6) is 0 Å². The number of benzene rings is 2. The van der Waals surface area contributed by atoms with E-state index >= 15 is 0 Å². The lowest BCUT2D eigenvalue weighted by atomic mass is 9.55. The summed E-state index contributed by atoms with van der Waals surface area (Å²) in [7, 11) is 0. The van der Waals surface area contributed by atoms with Gasteiger partial charge in [-0.25, -0.2) is 0 Å². The lowest BCUT2D eigenvalue weighted by Gasteiger charge is -2.50. The Morgan fingerprint density at radius 1 is 0.426 bits per heavy atom. The van der Waals surface area contributed by atoms with E-state index in [-0.39, 0.29) is 6.17 Å². The van der Waals surface area contributed by atoms with Gasteiger partial charge in [-0.3, -0.25) is 16.0 Å². The maximum absolute atomic E-state index is 7.22. The zero-order chi connectivity index (χ0) is 31.2. The number of nitrogens with one attached hydrogen (secondary N) is 3. The first-order chi connectivity index (χ1) is 23.3. The van der Waals surface area contributed by atoms with Crippen LogP contribution in [0.25, 0.3) is 0 Å². The van der Waals surface area contributed by atoms with Crippen LogP contribution in [-0.4, -0.2) is 24.5 Å². The van der Waals surface area contributed by atoms with E-state index in [4.69, 9.17) is 4.74 Å². The van der Waals surface area contributed by atoms with Crippen molar-refractivity contribution < 1.29 is 4.74 Å². The van der Waals surface area contributed by atoms with Crippen molar-refractivity contribution in [3.63, 3.8) is 0 Å². The van der Waals surface area contributed by atoms with Gasteiger partial charge in [0, 0.05) is 0 Å². The Labute approximate surface area is 285 Å². The second-order valence-corrected chi connectivity index (χ2v) is 17.3. The van der Waals surface area contributed by atoms with Crippen LogP contribution >= 0.6 is 0 Å². The molecule has 13 atom stereocenters. The molecule has 0 bridgehead atoms. The summed E-state index contributed by atoms with van der Waals surface area (Å²) in [6.45, 7) is 0. The molecule has 2 saturated heterocycles. The Bertz CT molecular complexity index is 1300. The fourth-order valence-electron chi connectivity index (χ4n) is 12.8. The highest BCUT2D eigenvalue weighted by molar-refractivity contribution is 5.22. The van der Waals surface area contributed by atoms with Crippen molar-refractivity contribution in [3.8, 4) is 0 Å². The molecule has 4 nitrogen and oxygen atoms in total. The maximum Gasteiger partial charge on any atom is 0.0859 e. The molecule has 7 fully saturated rings. The zero-order valence-electron chi connectivity index (χ0n) is 28.8. The molecular weight excluding hydrogens is 574 g/mol. The molecule has 254 valence electrons. The molecule has 2 aromatic carbocycles. The fraction of sp³-hybridized carbons (Fsp3) is 0.721. The molecule has 2 heterocycles. The minimum Gasteiger partial charge on any atom is -0.374 e. The van der Waals surface area contributed by atoms with Crippen molar-refractivity contribution in [1.82, 2.24) is 16.0 Å². The van der Waals surface area contributed by atoms with Gasteiger partial charge in [0.15, 0.2) is 0 Å². The second-order valence-electron chi connectivity index (χ2n) is 17.3. The van der Waals surface area contributed by atoms with E-state index in [9.17, 15) is 0 Å². The molecule has 47 heavy (non-hydrogen) atoms. The van der Waals surface area contributed by atoms with Crippen molar-refractivity contribution in [2.75, 3.05) is 0 Å². The Hall–Kier alpha value is -1.72. The number of fused-ring (bicyclic) bond motifs is 4. The molecule has 3 N–H and O–H groups in total. The number of ether oxygens (including phenoxy) is 1. The minimum absolute atomic E-state index is 0.223. The Morgan fingerprint density at radius 3 is 1.72 bits per heavy atom. The van der Waals surface area contributed by atoms with Crippen molar-refractivity contribution in [2.45, 2.75) is 146 Å². The van der Waals surface area contributed by atoms with E-state index in [1.807, 2.05) is 0 Å². The maximum atomic E-state index is 7.22. The van der Waals surface area contributed by atoms with Gasteiger partial charge in [0.2, 0.25) is 0 Å². The smallest absolute Gasteiger partial charge is 0.0859 e. The van der Waals surface area contributed by atoms with Crippen LogP contribution in [0, 0.1) is 47.3 Å². The lowest BCUT2D eigenvalue weighted by Crippen LogP contribution is -2.67. The average molecular weight is 636 g/mol. The molecule has 7 aliphatic rings. The third-order valence-electron chi connectivity index (χ3n) is 15.0. The van der Waals surface area contributed by atoms with E-state index in [2.05, 4.69) is 76.6 Å². The molecular formula is C43H61N3O. The van der Waals surface area contributed by atoms with Crippen molar-refractivity contribution >= 4 is 0 Å². The highest BCUT2D eigenvalue weighted by Gasteiger charge is 2.53. The van der Waals surface area contributed by atoms with Gasteiger partial charge in [-0.2, -0.15) is 0 Å². The minimum atomic E-state index is 0.223. The normalized spacial score (nSPS) is 44.2. The van der Waals surface area contributed by atoms with Crippen molar-refractivity contribution in [1.29, 1.82) is 0 Å². The zero-order valence-corrected chi connectivity index (χ0v) is 28.8. The van der Waals surface area contributed by atoms with Gasteiger partial charge >= 0.3 is 0 Å². The molecule has 4 heteroatoms. The van der Waals surface area contributed by atoms with Gasteiger partial charge in [-0.1, -0.05) is 92.8 Å². The summed E-state index contributed by atoms with van der Waals surface area (Å²) >= 11 is 0. The van der Waals surface area contributed by atoms with Gasteiger partial charge in [0.25, 0.3) is 0 Å². The molecule has 5 aliphatic carbocycles. The third kappa shape index (κ3) is 6.28. The third-order valence-corrected chi connectivity index (χ3v) is 15.0. The van der Waals surface area contributed by atoms with E-state index in [1.54, 1.807) is 5.56 Å². The summed E-state index contributed by atoms with van der Waals surface area (Å²) < 4.78 is 7.22. The van der Waals surface area contributed by atoms with E-state index in [0.717, 1.165) is 47.3 Å². The van der Waals surface area contributed by atoms with Gasteiger partial charge in [-0.15, -0.1) is 0 Å². The van der Waals surface area contributed by atoms with E-state index < -0.39 is 0 Å². The standard InChI is InChI=1S/C43H61N3O/c1-4-12-28(13-5-1)33-24-25-34(36-19-11-10-18-35(33)36)31-20-22-37-38-23-21-32(27-40(38)47-39(37)26-31)43-45-41(29-14-6-2-7-15-29)44-42(46-43)30-16-8-3-9-17-30/h1-2,4-7,12-15,30-46H,3,8-11,16-27H2. The number of hydrogen-bond donors (Lipinski definition) is 3. The first-order valence-electron chi connectivity index (χ1n) is 20.3. The number of rotatable bonds is 5. The van der Waals surface area contributed by atoms with Crippen LogP contribution in [0.1, 0.15) is 132 Å². The van der Waals surface area contributed by atoms with Crippen LogP contribution in [-0.2, 0) is 4.74 Å².